The van der Waals surface area contributed by atoms with Crippen molar-refractivity contribution in [2.45, 2.75) is 6.04 Å². The molecule has 24 heavy (non-hydrogen) atoms. The third-order valence-corrected chi connectivity index (χ3v) is 3.29. The van der Waals surface area contributed by atoms with Crippen molar-refractivity contribution in [1.29, 1.82) is 0 Å². The minimum absolute atomic E-state index is 0.229. The van der Waals surface area contributed by atoms with Gasteiger partial charge in [-0.05, 0) is 17.7 Å². The molecule has 0 aliphatic carbocycles. The van der Waals surface area contributed by atoms with Crippen LogP contribution in [0.3, 0.4) is 0 Å². The second-order valence-electron chi connectivity index (χ2n) is 4.90. The van der Waals surface area contributed by atoms with Gasteiger partial charge in [-0.2, -0.15) is 0 Å². The minimum Gasteiger partial charge on any atom is -0.497 e. The Kier molecular flexibility index (Phi) is 6.19. The van der Waals surface area contributed by atoms with E-state index in [1.54, 1.807) is 55.6 Å². The Hall–Kier alpha value is -3.02. The second-order valence-corrected chi connectivity index (χ2v) is 4.90. The van der Waals surface area contributed by atoms with E-state index in [4.69, 9.17) is 14.2 Å². The van der Waals surface area contributed by atoms with Gasteiger partial charge < -0.3 is 19.5 Å². The molecule has 2 aromatic carbocycles. The summed E-state index contributed by atoms with van der Waals surface area (Å²) in [4.78, 5) is 24.0. The highest BCUT2D eigenvalue weighted by Crippen LogP contribution is 2.19. The van der Waals surface area contributed by atoms with E-state index in [1.807, 2.05) is 6.07 Å². The predicted molar refractivity (Wildman–Crippen MR) is 87.8 cm³/mol. The van der Waals surface area contributed by atoms with E-state index in [-0.39, 0.29) is 6.61 Å². The first-order chi connectivity index (χ1) is 11.6. The van der Waals surface area contributed by atoms with Gasteiger partial charge in [-0.3, -0.25) is 4.79 Å². The Balaban J connectivity index is 1.99. The fraction of sp³-hybridized carbons (Fsp3) is 0.222. The third kappa shape index (κ3) is 4.74. The van der Waals surface area contributed by atoms with Crippen molar-refractivity contribution in [3.8, 4) is 11.5 Å². The fourth-order valence-electron chi connectivity index (χ4n) is 2.08. The number of esters is 1. The topological polar surface area (TPSA) is 73.9 Å². The summed E-state index contributed by atoms with van der Waals surface area (Å²) in [5, 5.41) is 2.61. The van der Waals surface area contributed by atoms with E-state index in [9.17, 15) is 9.59 Å². The van der Waals surface area contributed by atoms with Crippen molar-refractivity contribution in [1.82, 2.24) is 5.32 Å². The van der Waals surface area contributed by atoms with Gasteiger partial charge in [0.2, 0.25) is 0 Å². The first-order valence-electron chi connectivity index (χ1n) is 7.33. The van der Waals surface area contributed by atoms with E-state index >= 15 is 0 Å². The molecule has 126 valence electrons. The van der Waals surface area contributed by atoms with E-state index in [2.05, 4.69) is 5.32 Å². The molecule has 0 bridgehead atoms. The molecular weight excluding hydrogens is 310 g/mol. The SMILES string of the molecule is COC(=O)C(NC(=O)COc1cccc(OC)c1)c1ccccc1. The molecule has 0 radical (unpaired) electrons. The monoisotopic (exact) mass is 329 g/mol. The van der Waals surface area contributed by atoms with Crippen LogP contribution in [0.1, 0.15) is 11.6 Å². The zero-order valence-electron chi connectivity index (χ0n) is 13.5. The zero-order valence-corrected chi connectivity index (χ0v) is 13.5. The standard InChI is InChI=1S/C18H19NO5/c1-22-14-9-6-10-15(11-14)24-12-16(20)19-17(18(21)23-2)13-7-4-3-5-8-13/h3-11,17H,12H2,1-2H3,(H,19,20). The summed E-state index contributed by atoms with van der Waals surface area (Å²) < 4.78 is 15.3. The number of carbonyl (C=O) groups excluding carboxylic acids is 2. The number of nitrogens with one attached hydrogen (secondary N) is 1. The molecule has 6 heteroatoms. The number of benzene rings is 2. The molecule has 2 rings (SSSR count). The summed E-state index contributed by atoms with van der Waals surface area (Å²) in [6.45, 7) is -0.229. The fourth-order valence-corrected chi connectivity index (χ4v) is 2.08. The number of hydrogen-bond donors (Lipinski definition) is 1. The smallest absolute Gasteiger partial charge is 0.333 e. The molecule has 0 aliphatic heterocycles. The number of amides is 1. The lowest BCUT2D eigenvalue weighted by Gasteiger charge is -2.17. The Morgan fingerprint density at radius 2 is 1.71 bits per heavy atom. The van der Waals surface area contributed by atoms with Crippen LogP contribution in [0.25, 0.3) is 0 Å². The minimum atomic E-state index is -0.877. The molecule has 0 spiro atoms. The number of ether oxygens (including phenoxy) is 3. The average Bonchev–Trinajstić information content (AvgIpc) is 2.64. The maximum absolute atomic E-state index is 12.1. The summed E-state index contributed by atoms with van der Waals surface area (Å²) in [5.41, 5.74) is 0.638. The van der Waals surface area contributed by atoms with Crippen LogP contribution in [0.5, 0.6) is 11.5 Å². The largest absolute Gasteiger partial charge is 0.497 e. The molecule has 1 unspecified atom stereocenters. The number of methoxy groups -OCH3 is 2. The first-order valence-corrected chi connectivity index (χ1v) is 7.33. The van der Waals surface area contributed by atoms with Gasteiger partial charge in [-0.25, -0.2) is 4.79 Å². The first kappa shape index (κ1) is 17.3. The molecule has 6 nitrogen and oxygen atoms in total. The number of carbonyl (C=O) groups is 2. The van der Waals surface area contributed by atoms with Gasteiger partial charge in [-0.1, -0.05) is 36.4 Å². The molecule has 0 saturated heterocycles. The van der Waals surface area contributed by atoms with Gasteiger partial charge in [0.05, 0.1) is 14.2 Å². The highest BCUT2D eigenvalue weighted by atomic mass is 16.5. The van der Waals surface area contributed by atoms with Crippen LogP contribution in [-0.2, 0) is 14.3 Å². The highest BCUT2D eigenvalue weighted by Gasteiger charge is 2.23. The second kappa shape index (κ2) is 8.57. The van der Waals surface area contributed by atoms with E-state index in [0.717, 1.165) is 0 Å². The zero-order chi connectivity index (χ0) is 17.4. The molecule has 1 amide bonds. The van der Waals surface area contributed by atoms with Gasteiger partial charge in [0.1, 0.15) is 11.5 Å². The van der Waals surface area contributed by atoms with Gasteiger partial charge in [0.25, 0.3) is 5.91 Å². The Labute approximate surface area is 140 Å². The van der Waals surface area contributed by atoms with E-state index in [1.165, 1.54) is 7.11 Å². The van der Waals surface area contributed by atoms with Crippen LogP contribution < -0.4 is 14.8 Å². The lowest BCUT2D eigenvalue weighted by molar-refractivity contribution is -0.145. The van der Waals surface area contributed by atoms with Crippen LogP contribution in [0.15, 0.2) is 54.6 Å². The summed E-state index contributed by atoms with van der Waals surface area (Å²) in [6, 6.07) is 14.9. The maximum Gasteiger partial charge on any atom is 0.333 e. The molecule has 0 saturated carbocycles. The summed E-state index contributed by atoms with van der Waals surface area (Å²) >= 11 is 0. The van der Waals surface area contributed by atoms with Crippen molar-refractivity contribution in [3.05, 3.63) is 60.2 Å². The van der Waals surface area contributed by atoms with Crippen molar-refractivity contribution in [2.75, 3.05) is 20.8 Å². The molecule has 0 fully saturated rings. The summed E-state index contributed by atoms with van der Waals surface area (Å²) in [5.74, 6) is 0.150. The molecule has 2 aromatic rings. The average molecular weight is 329 g/mol. The quantitative estimate of drug-likeness (QED) is 0.788. The summed E-state index contributed by atoms with van der Waals surface area (Å²) in [6.07, 6.45) is 0. The maximum atomic E-state index is 12.1. The van der Waals surface area contributed by atoms with Gasteiger partial charge in [0.15, 0.2) is 12.6 Å². The molecule has 0 aliphatic rings. The predicted octanol–water partition coefficient (Wildman–Crippen LogP) is 2.10. The Bertz CT molecular complexity index is 687. The summed E-state index contributed by atoms with van der Waals surface area (Å²) in [7, 11) is 2.82. The number of rotatable bonds is 7. The highest BCUT2D eigenvalue weighted by molar-refractivity contribution is 5.86. The van der Waals surface area contributed by atoms with Crippen molar-refractivity contribution in [2.24, 2.45) is 0 Å². The number of hydrogen-bond acceptors (Lipinski definition) is 5. The van der Waals surface area contributed by atoms with E-state index < -0.39 is 17.9 Å². The molecular formula is C18H19NO5. The Morgan fingerprint density at radius 3 is 2.38 bits per heavy atom. The molecule has 1 atom stereocenters. The lowest BCUT2D eigenvalue weighted by Crippen LogP contribution is -2.37. The third-order valence-electron chi connectivity index (χ3n) is 3.29. The van der Waals surface area contributed by atoms with Gasteiger partial charge >= 0.3 is 5.97 Å². The van der Waals surface area contributed by atoms with Gasteiger partial charge in [-0.15, -0.1) is 0 Å². The van der Waals surface area contributed by atoms with Crippen LogP contribution >= 0.6 is 0 Å². The van der Waals surface area contributed by atoms with Crippen LogP contribution in [-0.4, -0.2) is 32.7 Å². The lowest BCUT2D eigenvalue weighted by atomic mass is 10.1. The molecule has 0 aromatic heterocycles. The van der Waals surface area contributed by atoms with E-state index in [0.29, 0.717) is 17.1 Å². The van der Waals surface area contributed by atoms with Crippen LogP contribution in [0.4, 0.5) is 0 Å². The van der Waals surface area contributed by atoms with Crippen LogP contribution in [0.2, 0.25) is 0 Å². The van der Waals surface area contributed by atoms with Crippen molar-refractivity contribution >= 4 is 11.9 Å². The van der Waals surface area contributed by atoms with Crippen LogP contribution in [0, 0.1) is 0 Å². The molecule has 1 N–H and O–H groups in total. The Morgan fingerprint density at radius 1 is 1.00 bits per heavy atom. The van der Waals surface area contributed by atoms with Crippen molar-refractivity contribution < 1.29 is 23.8 Å². The van der Waals surface area contributed by atoms with Gasteiger partial charge in [0, 0.05) is 6.07 Å². The normalized spacial score (nSPS) is 11.2. The van der Waals surface area contributed by atoms with Crippen molar-refractivity contribution in [3.63, 3.8) is 0 Å². The molecule has 0 heterocycles.